The maximum atomic E-state index is 13.7. The minimum Gasteiger partial charge on any atom is -0.491 e. The highest BCUT2D eigenvalue weighted by molar-refractivity contribution is 7.89. The molecule has 31 heavy (non-hydrogen) atoms. The molecule has 0 aliphatic carbocycles. The number of pyridine rings is 1. The van der Waals surface area contributed by atoms with Crippen molar-refractivity contribution < 1.29 is 13.2 Å². The van der Waals surface area contributed by atoms with Crippen LogP contribution in [0, 0.1) is 0 Å². The molecule has 0 aliphatic rings. The largest absolute Gasteiger partial charge is 0.491 e. The van der Waals surface area contributed by atoms with E-state index in [0.717, 1.165) is 16.9 Å². The third kappa shape index (κ3) is 6.03. The highest BCUT2D eigenvalue weighted by Crippen LogP contribution is 2.29. The van der Waals surface area contributed by atoms with Crippen LogP contribution in [0.15, 0.2) is 91.8 Å². The van der Waals surface area contributed by atoms with Gasteiger partial charge in [0.2, 0.25) is 10.0 Å². The zero-order chi connectivity index (χ0) is 22.3. The highest BCUT2D eigenvalue weighted by Gasteiger charge is 2.31. The monoisotopic (exact) mass is 436 g/mol. The lowest BCUT2D eigenvalue weighted by Crippen LogP contribution is -2.33. The second-order valence-corrected chi connectivity index (χ2v) is 9.61. The summed E-state index contributed by atoms with van der Waals surface area (Å²) in [7, 11) is -3.75. The van der Waals surface area contributed by atoms with Crippen LogP contribution in [0.5, 0.6) is 5.75 Å². The van der Waals surface area contributed by atoms with Crippen LogP contribution in [-0.4, -0.2) is 23.8 Å². The molecule has 1 atom stereocenters. The van der Waals surface area contributed by atoms with Gasteiger partial charge in [0.15, 0.2) is 0 Å². The zero-order valence-electron chi connectivity index (χ0n) is 17.9. The Bertz CT molecular complexity index is 1070. The summed E-state index contributed by atoms with van der Waals surface area (Å²) in [5, 5.41) is -0.881. The number of sulfonamides is 1. The smallest absolute Gasteiger partial charge is 0.225 e. The van der Waals surface area contributed by atoms with Crippen LogP contribution in [0.4, 0.5) is 0 Å². The average Bonchev–Trinajstić information content (AvgIpc) is 2.76. The molecule has 1 heterocycles. The van der Waals surface area contributed by atoms with Gasteiger partial charge in [-0.25, -0.2) is 8.42 Å². The molecule has 5 nitrogen and oxygen atoms in total. The van der Waals surface area contributed by atoms with E-state index < -0.39 is 15.3 Å². The van der Waals surface area contributed by atoms with Gasteiger partial charge in [0.25, 0.3) is 0 Å². The maximum Gasteiger partial charge on any atom is 0.225 e. The predicted molar refractivity (Wildman–Crippen MR) is 124 cm³/mol. The molecule has 0 amide bonds. The van der Waals surface area contributed by atoms with E-state index in [1.54, 1.807) is 24.5 Å². The fourth-order valence-corrected chi connectivity index (χ4v) is 5.01. The summed E-state index contributed by atoms with van der Waals surface area (Å²) < 4.78 is 34.6. The fourth-order valence-electron chi connectivity index (χ4n) is 3.31. The number of rotatable bonds is 10. The Balaban J connectivity index is 1.92. The van der Waals surface area contributed by atoms with Gasteiger partial charge < -0.3 is 4.74 Å². The van der Waals surface area contributed by atoms with Crippen LogP contribution in [0.25, 0.3) is 0 Å². The standard InChI is InChI=1S/C25H28N2O3S/c1-4-25(23-11-8-16-26-17-23)31(28,29)27(18-21-9-6-5-7-10-21)19-22-12-14-24(15-13-22)30-20(2)3/h4-17,20,25H,1,18-19H2,2-3H3. The van der Waals surface area contributed by atoms with Crippen molar-refractivity contribution in [3.05, 3.63) is 108 Å². The summed E-state index contributed by atoms with van der Waals surface area (Å²) in [6.07, 6.45) is 4.74. The lowest BCUT2D eigenvalue weighted by Gasteiger charge is -2.26. The lowest BCUT2D eigenvalue weighted by atomic mass is 10.2. The van der Waals surface area contributed by atoms with Gasteiger partial charge in [-0.1, -0.05) is 54.6 Å². The molecule has 0 fully saturated rings. The number of aromatic nitrogens is 1. The normalized spacial score (nSPS) is 12.6. The summed E-state index contributed by atoms with van der Waals surface area (Å²) in [6, 6.07) is 20.6. The first-order valence-electron chi connectivity index (χ1n) is 10.2. The summed E-state index contributed by atoms with van der Waals surface area (Å²) in [4.78, 5) is 4.08. The predicted octanol–water partition coefficient (Wildman–Crippen LogP) is 5.13. The number of benzene rings is 2. The van der Waals surface area contributed by atoms with Gasteiger partial charge in [-0.2, -0.15) is 4.31 Å². The van der Waals surface area contributed by atoms with Crippen molar-refractivity contribution in [2.24, 2.45) is 0 Å². The van der Waals surface area contributed by atoms with Crippen molar-refractivity contribution in [2.75, 3.05) is 0 Å². The Morgan fingerprint density at radius 3 is 2.16 bits per heavy atom. The van der Waals surface area contributed by atoms with Crippen LogP contribution in [0.2, 0.25) is 0 Å². The minimum atomic E-state index is -3.75. The molecule has 0 spiro atoms. The molecule has 3 rings (SSSR count). The van der Waals surface area contributed by atoms with Crippen molar-refractivity contribution in [1.82, 2.24) is 9.29 Å². The SMILES string of the molecule is C=CC(c1cccnc1)S(=O)(=O)N(Cc1ccccc1)Cc1ccc(OC(C)C)cc1. The van der Waals surface area contributed by atoms with Gasteiger partial charge in [0.1, 0.15) is 11.0 Å². The second kappa shape index (κ2) is 10.4. The Kier molecular flexibility index (Phi) is 7.60. The molecule has 3 aromatic rings. The molecule has 1 unspecified atom stereocenters. The van der Waals surface area contributed by atoms with Crippen LogP contribution in [-0.2, 0) is 23.1 Å². The maximum absolute atomic E-state index is 13.7. The van der Waals surface area contributed by atoms with Crippen LogP contribution >= 0.6 is 0 Å². The average molecular weight is 437 g/mol. The van der Waals surface area contributed by atoms with E-state index in [-0.39, 0.29) is 19.2 Å². The topological polar surface area (TPSA) is 59.5 Å². The van der Waals surface area contributed by atoms with Gasteiger partial charge in [0.05, 0.1) is 6.10 Å². The number of nitrogens with zero attached hydrogens (tertiary/aromatic N) is 2. The van der Waals surface area contributed by atoms with Crippen molar-refractivity contribution in [3.63, 3.8) is 0 Å². The van der Waals surface area contributed by atoms with Gasteiger partial charge in [-0.15, -0.1) is 6.58 Å². The van der Waals surface area contributed by atoms with Gasteiger partial charge >= 0.3 is 0 Å². The second-order valence-electron chi connectivity index (χ2n) is 7.55. The summed E-state index contributed by atoms with van der Waals surface area (Å²) >= 11 is 0. The highest BCUT2D eigenvalue weighted by atomic mass is 32.2. The third-order valence-corrected chi connectivity index (χ3v) is 6.85. The van der Waals surface area contributed by atoms with Crippen LogP contribution in [0.3, 0.4) is 0 Å². The van der Waals surface area contributed by atoms with Gasteiger partial charge in [-0.3, -0.25) is 4.98 Å². The summed E-state index contributed by atoms with van der Waals surface area (Å²) in [5.41, 5.74) is 2.39. The molecule has 0 aliphatic heterocycles. The van der Waals surface area contributed by atoms with E-state index in [4.69, 9.17) is 4.74 Å². The molecule has 0 saturated carbocycles. The Morgan fingerprint density at radius 1 is 0.968 bits per heavy atom. The molecular weight excluding hydrogens is 408 g/mol. The Morgan fingerprint density at radius 2 is 1.61 bits per heavy atom. The molecule has 0 N–H and O–H groups in total. The first kappa shape index (κ1) is 22.7. The quantitative estimate of drug-likeness (QED) is 0.414. The Labute approximate surface area is 185 Å². The lowest BCUT2D eigenvalue weighted by molar-refractivity contribution is 0.242. The molecule has 0 bridgehead atoms. The van der Waals surface area contributed by atoms with E-state index in [2.05, 4.69) is 11.6 Å². The summed E-state index contributed by atoms with van der Waals surface area (Å²) in [5.74, 6) is 0.760. The van der Waals surface area contributed by atoms with Crippen LogP contribution < -0.4 is 4.74 Å². The first-order valence-corrected chi connectivity index (χ1v) is 11.7. The van der Waals surface area contributed by atoms with E-state index in [1.807, 2.05) is 68.4 Å². The zero-order valence-corrected chi connectivity index (χ0v) is 18.7. The van der Waals surface area contributed by atoms with E-state index >= 15 is 0 Å². The van der Waals surface area contributed by atoms with Crippen molar-refractivity contribution in [3.8, 4) is 5.75 Å². The number of ether oxygens (including phenoxy) is 1. The molecule has 162 valence electrons. The van der Waals surface area contributed by atoms with Crippen LogP contribution in [0.1, 0.15) is 35.8 Å². The molecular formula is C25H28N2O3S. The van der Waals surface area contributed by atoms with Crippen molar-refractivity contribution >= 4 is 10.0 Å². The molecule has 2 aromatic carbocycles. The fraction of sp³-hybridized carbons (Fsp3) is 0.240. The van der Waals surface area contributed by atoms with E-state index in [1.165, 1.54) is 10.4 Å². The van der Waals surface area contributed by atoms with Crippen molar-refractivity contribution in [2.45, 2.75) is 38.3 Å². The molecule has 6 heteroatoms. The van der Waals surface area contributed by atoms with E-state index in [9.17, 15) is 8.42 Å². The van der Waals surface area contributed by atoms with Gasteiger partial charge in [0, 0.05) is 25.5 Å². The minimum absolute atomic E-state index is 0.0774. The molecule has 1 aromatic heterocycles. The first-order chi connectivity index (χ1) is 14.9. The third-order valence-electron chi connectivity index (χ3n) is 4.76. The van der Waals surface area contributed by atoms with E-state index in [0.29, 0.717) is 5.56 Å². The summed E-state index contributed by atoms with van der Waals surface area (Å²) in [6.45, 7) is 8.23. The number of hydrogen-bond acceptors (Lipinski definition) is 4. The molecule has 0 saturated heterocycles. The molecule has 0 radical (unpaired) electrons. The Hall–Kier alpha value is -2.96. The van der Waals surface area contributed by atoms with Gasteiger partial charge in [-0.05, 0) is 48.7 Å². The van der Waals surface area contributed by atoms with Crippen molar-refractivity contribution in [1.29, 1.82) is 0 Å². The number of hydrogen-bond donors (Lipinski definition) is 0.